The van der Waals surface area contributed by atoms with E-state index in [1.54, 1.807) is 13.8 Å². The molecule has 21 heavy (non-hydrogen) atoms. The van der Waals surface area contributed by atoms with Gasteiger partial charge in [0.1, 0.15) is 12.1 Å². The lowest BCUT2D eigenvalue weighted by molar-refractivity contribution is -0.155. The van der Waals surface area contributed by atoms with E-state index in [1.807, 2.05) is 24.3 Å². The summed E-state index contributed by atoms with van der Waals surface area (Å²) >= 11 is 0. The van der Waals surface area contributed by atoms with Crippen molar-refractivity contribution < 1.29 is 14.4 Å². The third kappa shape index (κ3) is 3.11. The number of nitrogens with zero attached hydrogens (tertiary/aromatic N) is 1. The molecule has 1 aliphatic heterocycles. The number of hydrogen-bond acceptors (Lipinski definition) is 4. The van der Waals surface area contributed by atoms with Crippen LogP contribution in [0.25, 0.3) is 0 Å². The lowest BCUT2D eigenvalue weighted by Gasteiger charge is -2.40. The predicted molar refractivity (Wildman–Crippen MR) is 77.0 cm³/mol. The first kappa shape index (κ1) is 15.2. The van der Waals surface area contributed by atoms with Crippen LogP contribution < -0.4 is 11.1 Å². The van der Waals surface area contributed by atoms with Gasteiger partial charge < -0.3 is 10.6 Å². The quantitative estimate of drug-likeness (QED) is 0.763. The van der Waals surface area contributed by atoms with Crippen LogP contribution in [0.15, 0.2) is 24.3 Å². The summed E-state index contributed by atoms with van der Waals surface area (Å²) in [4.78, 5) is 37.0. The van der Waals surface area contributed by atoms with Gasteiger partial charge in [-0.25, -0.2) is 0 Å². The molecule has 6 heteroatoms. The molecular formula is C15H19N3O3. The molecular weight excluding hydrogens is 270 g/mol. The molecule has 1 saturated heterocycles. The molecule has 0 saturated carbocycles. The highest BCUT2D eigenvalue weighted by Gasteiger charge is 2.43. The van der Waals surface area contributed by atoms with Crippen molar-refractivity contribution in [2.45, 2.75) is 32.4 Å². The topological polar surface area (TPSA) is 92.5 Å². The Kier molecular flexibility index (Phi) is 4.09. The van der Waals surface area contributed by atoms with Crippen molar-refractivity contribution in [1.82, 2.24) is 10.2 Å². The van der Waals surface area contributed by atoms with Gasteiger partial charge in [0, 0.05) is 6.54 Å². The van der Waals surface area contributed by atoms with Crippen molar-refractivity contribution in [1.29, 1.82) is 0 Å². The van der Waals surface area contributed by atoms with Crippen LogP contribution in [0.5, 0.6) is 0 Å². The largest absolute Gasteiger partial charge is 0.326 e. The molecule has 1 fully saturated rings. The van der Waals surface area contributed by atoms with Crippen molar-refractivity contribution >= 4 is 17.7 Å². The lowest BCUT2D eigenvalue weighted by atomic mass is 9.97. The average molecular weight is 289 g/mol. The molecule has 2 rings (SSSR count). The Balaban J connectivity index is 2.14. The van der Waals surface area contributed by atoms with Gasteiger partial charge in [0.2, 0.25) is 11.8 Å². The summed E-state index contributed by atoms with van der Waals surface area (Å²) in [7, 11) is 0. The summed E-state index contributed by atoms with van der Waals surface area (Å²) in [6.07, 6.45) is 0.148. The summed E-state index contributed by atoms with van der Waals surface area (Å²) in [5, 5.41) is 2.25. The number of nitrogens with two attached hydrogens (primary N) is 1. The minimum Gasteiger partial charge on any atom is -0.326 e. The van der Waals surface area contributed by atoms with E-state index >= 15 is 0 Å². The average Bonchev–Trinajstić information content (AvgIpc) is 2.44. The Morgan fingerprint density at radius 1 is 1.24 bits per heavy atom. The van der Waals surface area contributed by atoms with Crippen LogP contribution in [-0.2, 0) is 27.3 Å². The van der Waals surface area contributed by atoms with E-state index in [1.165, 1.54) is 4.90 Å². The second-order valence-corrected chi connectivity index (χ2v) is 5.61. The van der Waals surface area contributed by atoms with Crippen molar-refractivity contribution in [2.24, 2.45) is 5.73 Å². The molecule has 0 atom stereocenters. The van der Waals surface area contributed by atoms with Gasteiger partial charge in [-0.05, 0) is 25.0 Å². The maximum atomic E-state index is 12.4. The number of carbonyl (C=O) groups is 3. The van der Waals surface area contributed by atoms with Crippen molar-refractivity contribution in [3.63, 3.8) is 0 Å². The fourth-order valence-corrected chi connectivity index (χ4v) is 2.25. The smallest absolute Gasteiger partial charge is 0.252 e. The van der Waals surface area contributed by atoms with Gasteiger partial charge in [-0.15, -0.1) is 0 Å². The zero-order valence-electron chi connectivity index (χ0n) is 12.2. The Labute approximate surface area is 123 Å². The predicted octanol–water partition coefficient (Wildman–Crippen LogP) is -0.0486. The zero-order chi connectivity index (χ0) is 15.6. The number of hydrogen-bond donors (Lipinski definition) is 2. The first-order valence-electron chi connectivity index (χ1n) is 6.77. The van der Waals surface area contributed by atoms with E-state index in [0.717, 1.165) is 11.1 Å². The lowest BCUT2D eigenvalue weighted by Crippen LogP contribution is -2.65. The number of piperazine rings is 1. The standard InChI is InChI=1S/C15H19N3O3/c1-15(2)14(21)17-12(19)9-18(15)13(20)7-10-3-5-11(8-16)6-4-10/h3-6H,7-9,16H2,1-2H3,(H,17,19,21). The summed E-state index contributed by atoms with van der Waals surface area (Å²) < 4.78 is 0. The fraction of sp³-hybridized carbons (Fsp3) is 0.400. The van der Waals surface area contributed by atoms with Gasteiger partial charge in [-0.1, -0.05) is 24.3 Å². The fourth-order valence-electron chi connectivity index (χ4n) is 2.25. The van der Waals surface area contributed by atoms with Crippen LogP contribution in [0.1, 0.15) is 25.0 Å². The van der Waals surface area contributed by atoms with Crippen molar-refractivity contribution in [2.75, 3.05) is 6.54 Å². The Hall–Kier alpha value is -2.21. The maximum Gasteiger partial charge on any atom is 0.252 e. The molecule has 112 valence electrons. The Bertz CT molecular complexity index is 578. The molecule has 0 unspecified atom stereocenters. The third-order valence-electron chi connectivity index (χ3n) is 3.70. The van der Waals surface area contributed by atoms with Gasteiger partial charge in [-0.2, -0.15) is 0 Å². The summed E-state index contributed by atoms with van der Waals surface area (Å²) in [6.45, 7) is 3.61. The second-order valence-electron chi connectivity index (χ2n) is 5.61. The summed E-state index contributed by atoms with van der Waals surface area (Å²) in [5.74, 6) is -1.15. The summed E-state index contributed by atoms with van der Waals surface area (Å²) in [6, 6.07) is 7.39. The van der Waals surface area contributed by atoms with E-state index in [9.17, 15) is 14.4 Å². The molecule has 0 radical (unpaired) electrons. The van der Waals surface area contributed by atoms with Crippen LogP contribution in [0, 0.1) is 0 Å². The number of rotatable bonds is 3. The summed E-state index contributed by atoms with van der Waals surface area (Å²) in [5.41, 5.74) is 6.31. The SMILES string of the molecule is CC1(C)C(=O)NC(=O)CN1C(=O)Cc1ccc(CN)cc1. The third-order valence-corrected chi connectivity index (χ3v) is 3.70. The van der Waals surface area contributed by atoms with Gasteiger partial charge in [0.25, 0.3) is 5.91 Å². The van der Waals surface area contributed by atoms with Gasteiger partial charge in [0.15, 0.2) is 0 Å². The van der Waals surface area contributed by atoms with Crippen LogP contribution in [0.3, 0.4) is 0 Å². The molecule has 1 aliphatic rings. The van der Waals surface area contributed by atoms with Gasteiger partial charge >= 0.3 is 0 Å². The van der Waals surface area contributed by atoms with Crippen LogP contribution in [0.2, 0.25) is 0 Å². The van der Waals surface area contributed by atoms with Gasteiger partial charge in [0.05, 0.1) is 6.42 Å². The van der Waals surface area contributed by atoms with Crippen LogP contribution in [0.4, 0.5) is 0 Å². The first-order valence-corrected chi connectivity index (χ1v) is 6.77. The molecule has 6 nitrogen and oxygen atoms in total. The highest BCUT2D eigenvalue weighted by atomic mass is 16.2. The first-order chi connectivity index (χ1) is 9.84. The number of nitrogens with one attached hydrogen (secondary N) is 1. The maximum absolute atomic E-state index is 12.4. The van der Waals surface area contributed by atoms with E-state index in [-0.39, 0.29) is 18.9 Å². The molecule has 0 aliphatic carbocycles. The molecule has 3 amide bonds. The highest BCUT2D eigenvalue weighted by molar-refractivity contribution is 6.06. The minimum absolute atomic E-state index is 0.0988. The molecule has 0 spiro atoms. The van der Waals surface area contributed by atoms with E-state index in [2.05, 4.69) is 5.32 Å². The number of benzene rings is 1. The molecule has 1 aromatic carbocycles. The van der Waals surface area contributed by atoms with E-state index in [0.29, 0.717) is 6.54 Å². The second kappa shape index (κ2) is 5.65. The minimum atomic E-state index is -1.03. The number of carbonyl (C=O) groups excluding carboxylic acids is 3. The molecule has 3 N–H and O–H groups in total. The normalized spacial score (nSPS) is 17.6. The zero-order valence-corrected chi connectivity index (χ0v) is 12.2. The van der Waals surface area contributed by atoms with Crippen molar-refractivity contribution in [3.05, 3.63) is 35.4 Å². The highest BCUT2D eigenvalue weighted by Crippen LogP contribution is 2.19. The molecule has 0 aromatic heterocycles. The molecule has 1 aromatic rings. The van der Waals surface area contributed by atoms with Crippen LogP contribution >= 0.6 is 0 Å². The van der Waals surface area contributed by atoms with E-state index in [4.69, 9.17) is 5.73 Å². The van der Waals surface area contributed by atoms with Crippen LogP contribution in [-0.4, -0.2) is 34.7 Å². The Morgan fingerprint density at radius 3 is 2.38 bits per heavy atom. The molecule has 0 bridgehead atoms. The number of amides is 3. The van der Waals surface area contributed by atoms with E-state index < -0.39 is 17.4 Å². The Morgan fingerprint density at radius 2 is 1.81 bits per heavy atom. The number of imide groups is 1. The van der Waals surface area contributed by atoms with Gasteiger partial charge in [-0.3, -0.25) is 19.7 Å². The molecule has 1 heterocycles. The van der Waals surface area contributed by atoms with Crippen molar-refractivity contribution in [3.8, 4) is 0 Å². The monoisotopic (exact) mass is 289 g/mol.